The molecule has 0 unspecified atom stereocenters. The minimum absolute atomic E-state index is 0.128. The van der Waals surface area contributed by atoms with Crippen LogP contribution in [-0.2, 0) is 6.54 Å². The molecule has 2 aromatic heterocycles. The Hall–Kier alpha value is -2.61. The van der Waals surface area contributed by atoms with E-state index in [-0.39, 0.29) is 11.5 Å². The molecule has 0 aliphatic rings. The van der Waals surface area contributed by atoms with Crippen molar-refractivity contribution in [1.29, 1.82) is 0 Å². The van der Waals surface area contributed by atoms with Gasteiger partial charge in [0.2, 0.25) is 0 Å². The molecule has 0 atom stereocenters. The van der Waals surface area contributed by atoms with Gasteiger partial charge in [0.25, 0.3) is 11.5 Å². The molecule has 0 bridgehead atoms. The van der Waals surface area contributed by atoms with E-state index in [2.05, 4.69) is 19.0 Å². The van der Waals surface area contributed by atoms with Crippen LogP contribution in [0.3, 0.4) is 0 Å². The monoisotopic (exact) mass is 315 g/mol. The zero-order valence-corrected chi connectivity index (χ0v) is 12.6. The van der Waals surface area contributed by atoms with Gasteiger partial charge in [-0.15, -0.1) is 0 Å². The van der Waals surface area contributed by atoms with Crippen molar-refractivity contribution in [2.45, 2.75) is 13.5 Å². The highest BCUT2D eigenvalue weighted by Crippen LogP contribution is 2.13. The fourth-order valence-electron chi connectivity index (χ4n) is 2.00. The summed E-state index contributed by atoms with van der Waals surface area (Å²) in [6.45, 7) is 2.48. The first-order valence-corrected chi connectivity index (χ1v) is 7.40. The first-order valence-electron chi connectivity index (χ1n) is 6.67. The average molecular weight is 315 g/mol. The van der Waals surface area contributed by atoms with Crippen LogP contribution in [0.25, 0.3) is 11.0 Å². The fourth-order valence-corrected chi connectivity index (χ4v) is 2.52. The maximum atomic E-state index is 12.1. The minimum atomic E-state index is -0.206. The van der Waals surface area contributed by atoms with Gasteiger partial charge in [-0.1, -0.05) is 0 Å². The molecule has 1 amide bonds. The topological polar surface area (TPSA) is 89.8 Å². The maximum Gasteiger partial charge on any atom is 0.253 e. The lowest BCUT2D eigenvalue weighted by Gasteiger charge is -2.07. The van der Waals surface area contributed by atoms with Crippen LogP contribution >= 0.6 is 11.7 Å². The number of amides is 1. The Kier molecular flexibility index (Phi) is 3.92. The van der Waals surface area contributed by atoms with Crippen LogP contribution in [0, 0.1) is 6.92 Å². The molecule has 0 aliphatic heterocycles. The summed E-state index contributed by atoms with van der Waals surface area (Å²) < 4.78 is 9.66. The van der Waals surface area contributed by atoms with E-state index in [1.165, 1.54) is 17.0 Å². The number of hydrogen-bond acceptors (Lipinski definition) is 6. The zero-order valence-electron chi connectivity index (χ0n) is 11.8. The highest BCUT2D eigenvalue weighted by atomic mass is 32.1. The largest absolute Gasteiger partial charge is 0.350 e. The normalized spacial score (nSPS) is 10.8. The van der Waals surface area contributed by atoms with Gasteiger partial charge in [0.05, 0.1) is 18.1 Å². The number of nitrogens with zero attached hydrogens (tertiary/aromatic N) is 4. The van der Waals surface area contributed by atoms with Gasteiger partial charge in [-0.2, -0.15) is 8.75 Å². The molecular weight excluding hydrogens is 302 g/mol. The predicted octanol–water partition coefficient (Wildman–Crippen LogP) is 0.986. The number of aromatic nitrogens is 4. The van der Waals surface area contributed by atoms with E-state index >= 15 is 0 Å². The molecule has 1 aromatic carbocycles. The van der Waals surface area contributed by atoms with E-state index in [0.717, 1.165) is 17.2 Å². The minimum Gasteiger partial charge on any atom is -0.350 e. The number of benzene rings is 1. The van der Waals surface area contributed by atoms with Crippen LogP contribution in [0.4, 0.5) is 0 Å². The van der Waals surface area contributed by atoms with Crippen LogP contribution in [0.15, 0.2) is 35.4 Å². The summed E-state index contributed by atoms with van der Waals surface area (Å²) >= 11 is 1.11. The van der Waals surface area contributed by atoms with Crippen molar-refractivity contribution < 1.29 is 4.79 Å². The van der Waals surface area contributed by atoms with Crippen LogP contribution in [0.1, 0.15) is 16.1 Å². The number of rotatable bonds is 4. The molecule has 112 valence electrons. The summed E-state index contributed by atoms with van der Waals surface area (Å²) in [7, 11) is 0. The third kappa shape index (κ3) is 3.01. The van der Waals surface area contributed by atoms with Gasteiger partial charge in [-0.05, 0) is 25.1 Å². The van der Waals surface area contributed by atoms with Crippen molar-refractivity contribution >= 4 is 28.7 Å². The van der Waals surface area contributed by atoms with Crippen molar-refractivity contribution in [3.05, 3.63) is 52.2 Å². The summed E-state index contributed by atoms with van der Waals surface area (Å²) in [4.78, 5) is 27.8. The van der Waals surface area contributed by atoms with Gasteiger partial charge in [-0.25, -0.2) is 4.98 Å². The molecule has 0 saturated carbocycles. The lowest BCUT2D eigenvalue weighted by Crippen LogP contribution is -2.30. The van der Waals surface area contributed by atoms with E-state index < -0.39 is 0 Å². The molecule has 3 aromatic rings. The van der Waals surface area contributed by atoms with E-state index in [1.807, 2.05) is 0 Å². The van der Waals surface area contributed by atoms with Gasteiger partial charge >= 0.3 is 0 Å². The first-order chi connectivity index (χ1) is 10.6. The lowest BCUT2D eigenvalue weighted by molar-refractivity contribution is 0.0952. The lowest BCUT2D eigenvalue weighted by atomic mass is 10.2. The number of nitrogens with one attached hydrogen (secondary N) is 1. The highest BCUT2D eigenvalue weighted by Gasteiger charge is 2.08. The number of carbonyl (C=O) groups is 1. The van der Waals surface area contributed by atoms with E-state index in [0.29, 0.717) is 29.9 Å². The summed E-state index contributed by atoms with van der Waals surface area (Å²) in [5.74, 6) is -0.206. The number of carbonyl (C=O) groups excluding carboxylic acids is 1. The Morgan fingerprint density at radius 2 is 2.09 bits per heavy atom. The van der Waals surface area contributed by atoms with Gasteiger partial charge in [-0.3, -0.25) is 14.2 Å². The summed E-state index contributed by atoms with van der Waals surface area (Å²) in [6, 6.07) is 6.64. The molecular formula is C14H13N5O2S. The fraction of sp³-hybridized carbons (Fsp3) is 0.214. The van der Waals surface area contributed by atoms with Crippen LogP contribution < -0.4 is 10.9 Å². The van der Waals surface area contributed by atoms with Crippen LogP contribution in [0.2, 0.25) is 0 Å². The van der Waals surface area contributed by atoms with Gasteiger partial charge in [0, 0.05) is 30.4 Å². The van der Waals surface area contributed by atoms with Gasteiger partial charge in [0.15, 0.2) is 0 Å². The summed E-state index contributed by atoms with van der Waals surface area (Å²) in [5.41, 5.74) is 2.55. The van der Waals surface area contributed by atoms with Crippen LogP contribution in [-0.4, -0.2) is 30.8 Å². The quantitative estimate of drug-likeness (QED) is 0.775. The second kappa shape index (κ2) is 6.02. The number of aryl methyl sites for hydroxylation is 1. The Labute approximate surface area is 130 Å². The summed E-state index contributed by atoms with van der Waals surface area (Å²) in [5, 5.41) is 2.77. The SMILES string of the molecule is Cc1cc(=O)n(CCNC(=O)c2ccc3nsnc3c2)cn1. The third-order valence-corrected chi connectivity index (χ3v) is 3.73. The standard InChI is InChI=1S/C14H13N5O2S/c1-9-6-13(20)19(8-16-9)5-4-15-14(21)10-2-3-11-12(7-10)18-22-17-11/h2-3,6-8H,4-5H2,1H3,(H,15,21). The molecule has 0 fully saturated rings. The van der Waals surface area contributed by atoms with E-state index in [1.54, 1.807) is 25.1 Å². The second-order valence-corrected chi connectivity index (χ2v) is 5.31. The summed E-state index contributed by atoms with van der Waals surface area (Å²) in [6.07, 6.45) is 1.48. The first kappa shape index (κ1) is 14.3. The second-order valence-electron chi connectivity index (χ2n) is 4.79. The van der Waals surface area contributed by atoms with Crippen molar-refractivity contribution in [2.24, 2.45) is 0 Å². The Bertz CT molecular complexity index is 886. The van der Waals surface area contributed by atoms with E-state index in [9.17, 15) is 9.59 Å². The van der Waals surface area contributed by atoms with Gasteiger partial charge < -0.3 is 5.32 Å². The van der Waals surface area contributed by atoms with Crippen molar-refractivity contribution in [3.8, 4) is 0 Å². The van der Waals surface area contributed by atoms with Crippen molar-refractivity contribution in [3.63, 3.8) is 0 Å². The van der Waals surface area contributed by atoms with E-state index in [4.69, 9.17) is 0 Å². The van der Waals surface area contributed by atoms with Crippen molar-refractivity contribution in [1.82, 2.24) is 23.6 Å². The molecule has 7 nitrogen and oxygen atoms in total. The molecule has 0 spiro atoms. The molecule has 22 heavy (non-hydrogen) atoms. The molecule has 0 radical (unpaired) electrons. The molecule has 8 heteroatoms. The predicted molar refractivity (Wildman–Crippen MR) is 83.0 cm³/mol. The molecule has 0 saturated heterocycles. The molecule has 2 heterocycles. The average Bonchev–Trinajstić information content (AvgIpc) is 2.96. The van der Waals surface area contributed by atoms with Crippen molar-refractivity contribution in [2.75, 3.05) is 6.54 Å². The molecule has 3 rings (SSSR count). The number of fused-ring (bicyclic) bond motifs is 1. The van der Waals surface area contributed by atoms with Crippen LogP contribution in [0.5, 0.6) is 0 Å². The number of hydrogen-bond donors (Lipinski definition) is 1. The Balaban J connectivity index is 1.63. The Morgan fingerprint density at radius 1 is 1.27 bits per heavy atom. The molecule has 0 aliphatic carbocycles. The third-order valence-electron chi connectivity index (χ3n) is 3.17. The van der Waals surface area contributed by atoms with Gasteiger partial charge in [0.1, 0.15) is 11.0 Å². The molecule has 1 N–H and O–H groups in total. The zero-order chi connectivity index (χ0) is 15.5. The smallest absolute Gasteiger partial charge is 0.253 e. The highest BCUT2D eigenvalue weighted by molar-refractivity contribution is 7.00. The Morgan fingerprint density at radius 3 is 2.91 bits per heavy atom. The maximum absolute atomic E-state index is 12.1.